The molecule has 68 valence electrons. The first-order valence-electron chi connectivity index (χ1n) is 3.97. The van der Waals surface area contributed by atoms with Crippen molar-refractivity contribution in [1.82, 2.24) is 14.5 Å². The van der Waals surface area contributed by atoms with E-state index in [4.69, 9.17) is 5.73 Å². The zero-order valence-corrected chi connectivity index (χ0v) is 7.24. The van der Waals surface area contributed by atoms with Gasteiger partial charge in [0.15, 0.2) is 0 Å². The fraction of sp³-hybridized carbons (Fsp3) is 0.250. The molecule has 2 aromatic heterocycles. The first kappa shape index (κ1) is 8.00. The Morgan fingerprint density at radius 2 is 2.46 bits per heavy atom. The first-order valence-corrected chi connectivity index (χ1v) is 3.97. The van der Waals surface area contributed by atoms with Crippen LogP contribution in [0.5, 0.6) is 0 Å². The topological polar surface area (TPSA) is 76.7 Å². The van der Waals surface area contributed by atoms with E-state index in [1.807, 2.05) is 0 Å². The number of hydrogen-bond acceptors (Lipinski definition) is 3. The molecule has 0 radical (unpaired) electrons. The lowest BCUT2D eigenvalue weighted by Gasteiger charge is -1.96. The Balaban J connectivity index is 2.93. The highest BCUT2D eigenvalue weighted by Gasteiger charge is 2.07. The van der Waals surface area contributed by atoms with Gasteiger partial charge in [0, 0.05) is 13.2 Å². The van der Waals surface area contributed by atoms with E-state index in [2.05, 4.69) is 9.97 Å². The number of nitrogens with two attached hydrogens (primary N) is 1. The minimum Gasteiger partial charge on any atom is -0.327 e. The number of H-pyrrole nitrogens is 1. The quantitative estimate of drug-likeness (QED) is 0.630. The van der Waals surface area contributed by atoms with Crippen LogP contribution < -0.4 is 11.3 Å². The number of aromatic nitrogens is 3. The fourth-order valence-corrected chi connectivity index (χ4v) is 1.40. The average molecular weight is 178 g/mol. The molecule has 0 aromatic carbocycles. The van der Waals surface area contributed by atoms with Crippen LogP contribution in [-0.2, 0) is 13.6 Å². The maximum atomic E-state index is 11.4. The summed E-state index contributed by atoms with van der Waals surface area (Å²) < 4.78 is 1.72. The minimum atomic E-state index is -0.132. The number of nitrogens with zero attached hydrogens (tertiary/aromatic N) is 2. The second-order valence-corrected chi connectivity index (χ2v) is 2.83. The second-order valence-electron chi connectivity index (χ2n) is 2.83. The van der Waals surface area contributed by atoms with Crippen LogP contribution in [0.2, 0.25) is 0 Å². The SMILES string of the molecule is Cn1c(CN)nc2cc[nH]c(=O)c21. The third-order valence-corrected chi connectivity index (χ3v) is 2.07. The molecule has 0 atom stereocenters. The lowest BCUT2D eigenvalue weighted by molar-refractivity contribution is 0.810. The van der Waals surface area contributed by atoms with Gasteiger partial charge in [-0.3, -0.25) is 4.79 Å². The Bertz CT molecular complexity index is 496. The predicted molar refractivity (Wildman–Crippen MR) is 49.2 cm³/mol. The molecule has 0 fully saturated rings. The number of aryl methyl sites for hydroxylation is 1. The summed E-state index contributed by atoms with van der Waals surface area (Å²) in [6.07, 6.45) is 1.58. The Hall–Kier alpha value is -1.62. The summed E-state index contributed by atoms with van der Waals surface area (Å²) in [5.41, 5.74) is 6.60. The summed E-state index contributed by atoms with van der Waals surface area (Å²) in [6.45, 7) is 0.338. The summed E-state index contributed by atoms with van der Waals surface area (Å²) in [5, 5.41) is 0. The van der Waals surface area contributed by atoms with Crippen LogP contribution in [0.15, 0.2) is 17.1 Å². The lowest BCUT2D eigenvalue weighted by Crippen LogP contribution is -2.10. The van der Waals surface area contributed by atoms with Crippen LogP contribution in [0.4, 0.5) is 0 Å². The molecule has 0 spiro atoms. The third kappa shape index (κ3) is 1.05. The standard InChI is InChI=1S/C8H10N4O/c1-12-6(4-9)11-5-2-3-10-8(13)7(5)12/h2-3H,4,9H2,1H3,(H,10,13). The van der Waals surface area contributed by atoms with Crippen molar-refractivity contribution >= 4 is 11.0 Å². The van der Waals surface area contributed by atoms with E-state index in [1.54, 1.807) is 23.9 Å². The van der Waals surface area contributed by atoms with Gasteiger partial charge in [-0.15, -0.1) is 0 Å². The molecule has 0 saturated heterocycles. The highest BCUT2D eigenvalue weighted by Crippen LogP contribution is 2.08. The zero-order chi connectivity index (χ0) is 9.42. The van der Waals surface area contributed by atoms with Crippen LogP contribution in [0.1, 0.15) is 5.82 Å². The summed E-state index contributed by atoms with van der Waals surface area (Å²) in [6, 6.07) is 1.76. The van der Waals surface area contributed by atoms with Crippen molar-refractivity contribution in [2.45, 2.75) is 6.54 Å². The van der Waals surface area contributed by atoms with Gasteiger partial charge >= 0.3 is 0 Å². The highest BCUT2D eigenvalue weighted by molar-refractivity contribution is 5.74. The smallest absolute Gasteiger partial charge is 0.274 e. The van der Waals surface area contributed by atoms with E-state index in [0.717, 1.165) is 0 Å². The molecule has 2 aromatic rings. The summed E-state index contributed by atoms with van der Waals surface area (Å²) >= 11 is 0. The number of pyridine rings is 1. The first-order chi connectivity index (χ1) is 6.24. The third-order valence-electron chi connectivity index (χ3n) is 2.07. The van der Waals surface area contributed by atoms with Crippen LogP contribution in [0, 0.1) is 0 Å². The van der Waals surface area contributed by atoms with Crippen molar-refractivity contribution in [3.63, 3.8) is 0 Å². The molecule has 13 heavy (non-hydrogen) atoms. The van der Waals surface area contributed by atoms with E-state index in [9.17, 15) is 4.79 Å². The second kappa shape index (κ2) is 2.70. The lowest BCUT2D eigenvalue weighted by atomic mass is 10.4. The van der Waals surface area contributed by atoms with E-state index in [0.29, 0.717) is 23.4 Å². The predicted octanol–water partition coefficient (Wildman–Crippen LogP) is -0.280. The van der Waals surface area contributed by atoms with E-state index >= 15 is 0 Å². The van der Waals surface area contributed by atoms with Crippen molar-refractivity contribution < 1.29 is 0 Å². The van der Waals surface area contributed by atoms with E-state index < -0.39 is 0 Å². The van der Waals surface area contributed by atoms with Crippen molar-refractivity contribution in [3.05, 3.63) is 28.4 Å². The van der Waals surface area contributed by atoms with Gasteiger partial charge in [-0.25, -0.2) is 4.98 Å². The molecule has 0 bridgehead atoms. The normalized spacial score (nSPS) is 10.9. The fourth-order valence-electron chi connectivity index (χ4n) is 1.40. The Labute approximate surface area is 74.2 Å². The Morgan fingerprint density at radius 3 is 3.08 bits per heavy atom. The number of imidazole rings is 1. The average Bonchev–Trinajstić information content (AvgIpc) is 2.44. The Kier molecular flexibility index (Phi) is 1.66. The van der Waals surface area contributed by atoms with Crippen molar-refractivity contribution in [1.29, 1.82) is 0 Å². The molecule has 3 N–H and O–H groups in total. The number of rotatable bonds is 1. The molecule has 5 heteroatoms. The van der Waals surface area contributed by atoms with Crippen molar-refractivity contribution in [2.24, 2.45) is 12.8 Å². The summed E-state index contributed by atoms with van der Waals surface area (Å²) in [4.78, 5) is 18.2. The molecule has 0 aliphatic heterocycles. The zero-order valence-electron chi connectivity index (χ0n) is 7.24. The summed E-state index contributed by atoms with van der Waals surface area (Å²) in [5.74, 6) is 0.715. The molecule has 0 unspecified atom stereocenters. The van der Waals surface area contributed by atoms with Gasteiger partial charge in [0.1, 0.15) is 11.3 Å². The molecule has 0 saturated carbocycles. The van der Waals surface area contributed by atoms with Gasteiger partial charge in [-0.2, -0.15) is 0 Å². The van der Waals surface area contributed by atoms with E-state index in [1.165, 1.54) is 0 Å². The van der Waals surface area contributed by atoms with Crippen LogP contribution in [0.25, 0.3) is 11.0 Å². The van der Waals surface area contributed by atoms with Crippen molar-refractivity contribution in [3.8, 4) is 0 Å². The monoisotopic (exact) mass is 178 g/mol. The molecule has 0 aliphatic rings. The molecule has 2 heterocycles. The molecule has 0 aliphatic carbocycles. The molecule has 5 nitrogen and oxygen atoms in total. The largest absolute Gasteiger partial charge is 0.327 e. The number of fused-ring (bicyclic) bond motifs is 1. The molecule has 0 amide bonds. The van der Waals surface area contributed by atoms with Gasteiger partial charge < -0.3 is 15.3 Å². The summed E-state index contributed by atoms with van der Waals surface area (Å²) in [7, 11) is 1.78. The number of nitrogens with one attached hydrogen (secondary N) is 1. The van der Waals surface area contributed by atoms with E-state index in [-0.39, 0.29) is 5.56 Å². The van der Waals surface area contributed by atoms with Gasteiger partial charge in [0.2, 0.25) is 0 Å². The van der Waals surface area contributed by atoms with Gasteiger partial charge in [-0.05, 0) is 6.07 Å². The van der Waals surface area contributed by atoms with Gasteiger partial charge in [0.05, 0.1) is 12.1 Å². The van der Waals surface area contributed by atoms with Gasteiger partial charge in [0.25, 0.3) is 5.56 Å². The number of aromatic amines is 1. The highest BCUT2D eigenvalue weighted by atomic mass is 16.1. The molecular weight excluding hydrogens is 168 g/mol. The Morgan fingerprint density at radius 1 is 1.69 bits per heavy atom. The van der Waals surface area contributed by atoms with Crippen LogP contribution in [-0.4, -0.2) is 14.5 Å². The maximum Gasteiger partial charge on any atom is 0.274 e. The maximum absolute atomic E-state index is 11.4. The number of hydrogen-bond donors (Lipinski definition) is 2. The van der Waals surface area contributed by atoms with Crippen LogP contribution >= 0.6 is 0 Å². The molecule has 2 rings (SSSR count). The van der Waals surface area contributed by atoms with Crippen molar-refractivity contribution in [2.75, 3.05) is 0 Å². The van der Waals surface area contributed by atoms with Crippen LogP contribution in [0.3, 0.4) is 0 Å². The van der Waals surface area contributed by atoms with Gasteiger partial charge in [-0.1, -0.05) is 0 Å². The molecular formula is C8H10N4O. The minimum absolute atomic E-state index is 0.132.